The summed E-state index contributed by atoms with van der Waals surface area (Å²) in [6.45, 7) is 9.97. The van der Waals surface area contributed by atoms with Crippen LogP contribution >= 0.6 is 0 Å². The molecule has 0 nitrogen and oxygen atoms in total. The summed E-state index contributed by atoms with van der Waals surface area (Å²) in [5.74, 6) is 8.34. The molecule has 0 aliphatic heterocycles. The molecule has 0 heterocycles. The molecular formula is C24H44. The van der Waals surface area contributed by atoms with Crippen molar-refractivity contribution >= 4 is 0 Å². The Hall–Kier alpha value is 0. The Labute approximate surface area is 152 Å². The predicted molar refractivity (Wildman–Crippen MR) is 106 cm³/mol. The van der Waals surface area contributed by atoms with Gasteiger partial charge in [0.2, 0.25) is 0 Å². The molecule has 0 aromatic heterocycles. The van der Waals surface area contributed by atoms with E-state index in [1.165, 1.54) is 25.7 Å². The summed E-state index contributed by atoms with van der Waals surface area (Å²) in [5.41, 5.74) is 0. The van der Waals surface area contributed by atoms with Gasteiger partial charge in [-0.25, -0.2) is 0 Å². The maximum absolute atomic E-state index is 2.57. The molecule has 3 saturated carbocycles. The van der Waals surface area contributed by atoms with Gasteiger partial charge in [0, 0.05) is 0 Å². The Morgan fingerprint density at radius 1 is 0.583 bits per heavy atom. The smallest absolute Gasteiger partial charge is 0.0363 e. The van der Waals surface area contributed by atoms with Crippen molar-refractivity contribution < 1.29 is 0 Å². The molecule has 2 unspecified atom stereocenters. The number of rotatable bonds is 4. The van der Waals surface area contributed by atoms with Gasteiger partial charge in [-0.05, 0) is 98.7 Å². The fourth-order valence-electron chi connectivity index (χ4n) is 7.09. The van der Waals surface area contributed by atoms with Gasteiger partial charge in [0.25, 0.3) is 0 Å². The Bertz CT molecular complexity index is 344. The summed E-state index contributed by atoms with van der Waals surface area (Å²) in [6.07, 6.45) is 18.4. The summed E-state index contributed by atoms with van der Waals surface area (Å²) in [4.78, 5) is 0. The molecule has 3 rings (SSSR count). The fourth-order valence-corrected chi connectivity index (χ4v) is 7.09. The second-order valence-corrected chi connectivity index (χ2v) is 10.3. The van der Waals surface area contributed by atoms with Gasteiger partial charge in [-0.2, -0.15) is 0 Å². The van der Waals surface area contributed by atoms with E-state index in [-0.39, 0.29) is 0 Å². The first kappa shape index (κ1) is 18.8. The molecule has 24 heavy (non-hydrogen) atoms. The average molecular weight is 333 g/mol. The van der Waals surface area contributed by atoms with Crippen LogP contribution in [-0.4, -0.2) is 0 Å². The third-order valence-electron chi connectivity index (χ3n) is 8.64. The quantitative estimate of drug-likeness (QED) is 0.494. The molecule has 140 valence electrons. The SMILES string of the molecule is CCCC1C(C)CC(C2CCC(C3CCC(C)CC3)CC2)CC1C. The highest BCUT2D eigenvalue weighted by atomic mass is 14.4. The lowest BCUT2D eigenvalue weighted by atomic mass is 9.61. The van der Waals surface area contributed by atoms with Crippen LogP contribution in [0.3, 0.4) is 0 Å². The highest BCUT2D eigenvalue weighted by molar-refractivity contribution is 4.89. The molecule has 0 amide bonds. The third kappa shape index (κ3) is 4.39. The molecule has 3 aliphatic carbocycles. The Morgan fingerprint density at radius 2 is 1.00 bits per heavy atom. The monoisotopic (exact) mass is 332 g/mol. The van der Waals surface area contributed by atoms with Crippen molar-refractivity contribution in [1.29, 1.82) is 0 Å². The highest BCUT2D eigenvalue weighted by Gasteiger charge is 2.38. The van der Waals surface area contributed by atoms with Crippen LogP contribution in [0.1, 0.15) is 105 Å². The van der Waals surface area contributed by atoms with Gasteiger partial charge >= 0.3 is 0 Å². The van der Waals surface area contributed by atoms with Gasteiger partial charge < -0.3 is 0 Å². The van der Waals surface area contributed by atoms with E-state index in [9.17, 15) is 0 Å². The van der Waals surface area contributed by atoms with Gasteiger partial charge in [0.15, 0.2) is 0 Å². The molecule has 3 fully saturated rings. The van der Waals surface area contributed by atoms with Crippen LogP contribution in [0.2, 0.25) is 0 Å². The standard InChI is InChI=1S/C24H44/c1-5-6-24-18(3)15-23(16-19(24)4)22-13-11-21(12-14-22)20-9-7-17(2)8-10-20/h17-24H,5-16H2,1-4H3. The zero-order valence-corrected chi connectivity index (χ0v) is 17.1. The maximum atomic E-state index is 2.57. The maximum Gasteiger partial charge on any atom is -0.0363 e. The second kappa shape index (κ2) is 8.59. The van der Waals surface area contributed by atoms with E-state index in [1.807, 2.05) is 0 Å². The number of hydrogen-bond acceptors (Lipinski definition) is 0. The van der Waals surface area contributed by atoms with Gasteiger partial charge in [-0.3, -0.25) is 0 Å². The second-order valence-electron chi connectivity index (χ2n) is 10.3. The molecular weight excluding hydrogens is 288 g/mol. The van der Waals surface area contributed by atoms with Crippen LogP contribution < -0.4 is 0 Å². The lowest BCUT2D eigenvalue weighted by Crippen LogP contribution is -2.35. The van der Waals surface area contributed by atoms with Crippen molar-refractivity contribution in [3.8, 4) is 0 Å². The molecule has 0 aromatic carbocycles. The van der Waals surface area contributed by atoms with Gasteiger partial charge in [-0.1, -0.05) is 53.4 Å². The minimum absolute atomic E-state index is 0.983. The predicted octanol–water partition coefficient (Wildman–Crippen LogP) is 7.72. The summed E-state index contributed by atoms with van der Waals surface area (Å²) in [7, 11) is 0. The van der Waals surface area contributed by atoms with Crippen LogP contribution in [0.25, 0.3) is 0 Å². The summed E-state index contributed by atoms with van der Waals surface area (Å²) in [5, 5.41) is 0. The van der Waals surface area contributed by atoms with Crippen LogP contribution in [0.5, 0.6) is 0 Å². The van der Waals surface area contributed by atoms with Gasteiger partial charge in [0.05, 0.1) is 0 Å². The van der Waals surface area contributed by atoms with E-state index in [0.717, 1.165) is 47.3 Å². The van der Waals surface area contributed by atoms with Crippen molar-refractivity contribution in [2.24, 2.45) is 47.3 Å². The topological polar surface area (TPSA) is 0 Å². The van der Waals surface area contributed by atoms with E-state index in [0.29, 0.717) is 0 Å². The third-order valence-corrected chi connectivity index (χ3v) is 8.64. The molecule has 0 heteroatoms. The summed E-state index contributed by atoms with van der Waals surface area (Å²) in [6, 6.07) is 0. The fraction of sp³-hybridized carbons (Fsp3) is 1.00. The molecule has 0 spiro atoms. The summed E-state index contributed by atoms with van der Waals surface area (Å²) < 4.78 is 0. The van der Waals surface area contributed by atoms with E-state index in [2.05, 4.69) is 27.7 Å². The Kier molecular flexibility index (Phi) is 6.72. The minimum Gasteiger partial charge on any atom is -0.0654 e. The van der Waals surface area contributed by atoms with E-state index in [1.54, 1.807) is 51.4 Å². The molecule has 0 bridgehead atoms. The van der Waals surface area contributed by atoms with Crippen molar-refractivity contribution in [1.82, 2.24) is 0 Å². The first-order valence-corrected chi connectivity index (χ1v) is 11.6. The van der Waals surface area contributed by atoms with Gasteiger partial charge in [-0.15, -0.1) is 0 Å². The Balaban J connectivity index is 1.46. The molecule has 0 N–H and O–H groups in total. The van der Waals surface area contributed by atoms with Crippen molar-refractivity contribution in [3.05, 3.63) is 0 Å². The van der Waals surface area contributed by atoms with Crippen LogP contribution in [-0.2, 0) is 0 Å². The lowest BCUT2D eigenvalue weighted by molar-refractivity contribution is 0.0551. The molecule has 3 aliphatic rings. The normalized spacial score (nSPS) is 47.5. The molecule has 0 radical (unpaired) electrons. The first-order chi connectivity index (χ1) is 11.6. The molecule has 0 saturated heterocycles. The van der Waals surface area contributed by atoms with Crippen molar-refractivity contribution in [2.45, 2.75) is 105 Å². The zero-order chi connectivity index (χ0) is 17.1. The largest absolute Gasteiger partial charge is 0.0654 e. The zero-order valence-electron chi connectivity index (χ0n) is 17.1. The molecule has 0 aromatic rings. The lowest BCUT2D eigenvalue weighted by Gasteiger charge is -2.45. The van der Waals surface area contributed by atoms with E-state index >= 15 is 0 Å². The van der Waals surface area contributed by atoms with Crippen LogP contribution in [0.4, 0.5) is 0 Å². The number of hydrogen-bond donors (Lipinski definition) is 0. The van der Waals surface area contributed by atoms with Crippen molar-refractivity contribution in [3.63, 3.8) is 0 Å². The van der Waals surface area contributed by atoms with E-state index < -0.39 is 0 Å². The highest BCUT2D eigenvalue weighted by Crippen LogP contribution is 2.48. The first-order valence-electron chi connectivity index (χ1n) is 11.6. The minimum atomic E-state index is 0.983. The van der Waals surface area contributed by atoms with Crippen molar-refractivity contribution in [2.75, 3.05) is 0 Å². The van der Waals surface area contributed by atoms with Gasteiger partial charge in [0.1, 0.15) is 0 Å². The van der Waals surface area contributed by atoms with E-state index in [4.69, 9.17) is 0 Å². The van der Waals surface area contributed by atoms with Crippen LogP contribution in [0, 0.1) is 47.3 Å². The Morgan fingerprint density at radius 3 is 1.46 bits per heavy atom. The summed E-state index contributed by atoms with van der Waals surface area (Å²) >= 11 is 0. The van der Waals surface area contributed by atoms with Crippen LogP contribution in [0.15, 0.2) is 0 Å². The molecule has 2 atom stereocenters. The average Bonchev–Trinajstić information content (AvgIpc) is 2.59.